The van der Waals surface area contributed by atoms with Crippen LogP contribution in [-0.2, 0) is 10.2 Å². The number of hydrogen-bond acceptors (Lipinski definition) is 2. The number of thioether (sulfide) groups is 1. The van der Waals surface area contributed by atoms with Crippen LogP contribution in [0.4, 0.5) is 0 Å². The largest absolute Gasteiger partial charge is 0.342 e. The topological polar surface area (TPSA) is 20.3 Å². The molecule has 0 saturated heterocycles. The lowest BCUT2D eigenvalue weighted by Gasteiger charge is -2.33. The Morgan fingerprint density at radius 2 is 1.34 bits per heavy atom. The van der Waals surface area contributed by atoms with Crippen LogP contribution in [0.5, 0.6) is 0 Å². The number of likely N-dealkylation sites (N-methyl/N-ethyl adjacent to an activating group) is 1. The number of nitrogens with zero attached hydrogens (tertiary/aromatic N) is 1. The first-order chi connectivity index (χ1) is 15.4. The van der Waals surface area contributed by atoms with Crippen molar-refractivity contribution in [2.24, 2.45) is 0 Å². The lowest BCUT2D eigenvalue weighted by Crippen LogP contribution is -2.45. The van der Waals surface area contributed by atoms with E-state index in [1.54, 1.807) is 0 Å². The van der Waals surface area contributed by atoms with Crippen LogP contribution in [0, 0.1) is 0 Å². The summed E-state index contributed by atoms with van der Waals surface area (Å²) in [6.07, 6.45) is 6.97. The minimum atomic E-state index is -0.432. The van der Waals surface area contributed by atoms with E-state index in [1.807, 2.05) is 95.6 Å². The minimum Gasteiger partial charge on any atom is -0.342 e. The predicted molar refractivity (Wildman–Crippen MR) is 146 cm³/mol. The van der Waals surface area contributed by atoms with Crippen molar-refractivity contribution in [3.8, 4) is 0 Å². The number of carbonyl (C=O) groups excluding carboxylic acids is 1. The van der Waals surface area contributed by atoms with E-state index >= 15 is 0 Å². The molecule has 1 aliphatic carbocycles. The van der Waals surface area contributed by atoms with Gasteiger partial charge < -0.3 is 4.90 Å². The van der Waals surface area contributed by atoms with E-state index in [-0.39, 0.29) is 5.91 Å². The van der Waals surface area contributed by atoms with E-state index in [4.69, 9.17) is 0 Å². The van der Waals surface area contributed by atoms with E-state index in [2.05, 4.69) is 43.5 Å². The van der Waals surface area contributed by atoms with Crippen molar-refractivity contribution in [1.82, 2.24) is 4.90 Å². The van der Waals surface area contributed by atoms with Crippen molar-refractivity contribution in [2.45, 2.75) is 90.9 Å². The van der Waals surface area contributed by atoms with Gasteiger partial charge in [-0.1, -0.05) is 101 Å². The Morgan fingerprint density at radius 3 is 1.78 bits per heavy atom. The number of carbonyl (C=O) groups is 1. The molecule has 2 aromatic carbocycles. The van der Waals surface area contributed by atoms with Gasteiger partial charge >= 0.3 is 0 Å². The van der Waals surface area contributed by atoms with Crippen LogP contribution < -0.4 is 0 Å². The minimum absolute atomic E-state index is 0.237. The molecule has 0 aliphatic heterocycles. The highest BCUT2D eigenvalue weighted by molar-refractivity contribution is 7.98. The van der Waals surface area contributed by atoms with E-state index in [1.165, 1.54) is 18.4 Å². The molecule has 2 aromatic rings. The van der Waals surface area contributed by atoms with E-state index in [9.17, 15) is 4.79 Å². The second-order valence-corrected chi connectivity index (χ2v) is 9.31. The molecular weight excluding hydrogens is 410 g/mol. The maximum absolute atomic E-state index is 12.7. The lowest BCUT2D eigenvalue weighted by atomic mass is 9.83. The zero-order chi connectivity index (χ0) is 24.6. The molecule has 0 radical (unpaired) electrons. The van der Waals surface area contributed by atoms with Crippen LogP contribution in [0.25, 0.3) is 0 Å². The molecule has 2 nitrogen and oxygen atoms in total. The van der Waals surface area contributed by atoms with E-state index in [0.717, 1.165) is 18.4 Å². The average Bonchev–Trinajstić information content (AvgIpc) is 3.41. The molecule has 1 saturated carbocycles. The molecular formula is C29H47NOS. The third-order valence-corrected chi connectivity index (χ3v) is 6.82. The zero-order valence-electron chi connectivity index (χ0n) is 22.0. The van der Waals surface area contributed by atoms with Crippen molar-refractivity contribution < 1.29 is 4.79 Å². The van der Waals surface area contributed by atoms with Crippen LogP contribution >= 0.6 is 11.8 Å². The third kappa shape index (κ3) is 9.40. The van der Waals surface area contributed by atoms with Crippen LogP contribution in [-0.4, -0.2) is 30.2 Å². The molecule has 1 unspecified atom stereocenters. The van der Waals surface area contributed by atoms with Gasteiger partial charge in [0.2, 0.25) is 5.91 Å². The van der Waals surface area contributed by atoms with E-state index in [0.29, 0.717) is 11.3 Å². The molecule has 3 heteroatoms. The van der Waals surface area contributed by atoms with Crippen molar-refractivity contribution >= 4 is 17.7 Å². The molecule has 1 atom stereocenters. The second-order valence-electron chi connectivity index (χ2n) is 8.13. The fourth-order valence-electron chi connectivity index (χ4n) is 3.74. The standard InChI is InChI=1S/C16H23NO.C9H12S.2C2H6/c1-16(2,13-9-5-4-6-10-13)15(18)17(3)14-11-7-8-12-14;1-8(10-2)9-6-4-3-5-7-9;2*1-2/h4-6,9-10,14H,7-8,11-12H2,1-3H3;3-8H,1-2H3;2*1-2H3. The molecule has 0 bridgehead atoms. The first-order valence-corrected chi connectivity index (χ1v) is 13.6. The summed E-state index contributed by atoms with van der Waals surface area (Å²) in [7, 11) is 1.96. The summed E-state index contributed by atoms with van der Waals surface area (Å²) in [4.78, 5) is 14.7. The van der Waals surface area contributed by atoms with Crippen LogP contribution in [0.2, 0.25) is 0 Å². The van der Waals surface area contributed by atoms with Crippen molar-refractivity contribution in [2.75, 3.05) is 13.3 Å². The highest BCUT2D eigenvalue weighted by Crippen LogP contribution is 2.29. The number of benzene rings is 2. The van der Waals surface area contributed by atoms with Crippen LogP contribution in [0.15, 0.2) is 60.7 Å². The fourth-order valence-corrected chi connectivity index (χ4v) is 4.17. The van der Waals surface area contributed by atoms with E-state index < -0.39 is 5.41 Å². The maximum Gasteiger partial charge on any atom is 0.232 e. The van der Waals surface area contributed by atoms with Gasteiger partial charge in [-0.15, -0.1) is 0 Å². The number of rotatable bonds is 5. The van der Waals surface area contributed by atoms with Gasteiger partial charge in [0.15, 0.2) is 0 Å². The fraction of sp³-hybridized carbons (Fsp3) is 0.552. The molecule has 1 fully saturated rings. The Morgan fingerprint density at radius 1 is 0.906 bits per heavy atom. The summed E-state index contributed by atoms with van der Waals surface area (Å²) in [5.41, 5.74) is 2.08. The van der Waals surface area contributed by atoms with Crippen LogP contribution in [0.3, 0.4) is 0 Å². The highest BCUT2D eigenvalue weighted by Gasteiger charge is 2.35. The molecule has 0 heterocycles. The van der Waals surface area contributed by atoms with Gasteiger partial charge in [-0.2, -0.15) is 11.8 Å². The molecule has 1 amide bonds. The molecule has 0 aromatic heterocycles. The highest BCUT2D eigenvalue weighted by atomic mass is 32.2. The summed E-state index contributed by atoms with van der Waals surface area (Å²) in [5.74, 6) is 0.237. The molecule has 180 valence electrons. The Labute approximate surface area is 203 Å². The molecule has 32 heavy (non-hydrogen) atoms. The van der Waals surface area contributed by atoms with Gasteiger partial charge in [0.25, 0.3) is 0 Å². The molecule has 3 rings (SSSR count). The van der Waals surface area contributed by atoms with Gasteiger partial charge in [-0.25, -0.2) is 0 Å². The Hall–Kier alpha value is -1.74. The summed E-state index contributed by atoms with van der Waals surface area (Å²) in [6, 6.07) is 21.1. The summed E-state index contributed by atoms with van der Waals surface area (Å²) < 4.78 is 0. The Kier molecular flexibility index (Phi) is 15.9. The maximum atomic E-state index is 12.7. The average molecular weight is 458 g/mol. The van der Waals surface area contributed by atoms with Crippen molar-refractivity contribution in [1.29, 1.82) is 0 Å². The van der Waals surface area contributed by atoms with Crippen molar-refractivity contribution in [3.05, 3.63) is 71.8 Å². The zero-order valence-corrected chi connectivity index (χ0v) is 22.8. The Bertz CT molecular complexity index is 708. The monoisotopic (exact) mass is 457 g/mol. The van der Waals surface area contributed by atoms with Gasteiger partial charge in [0.1, 0.15) is 0 Å². The van der Waals surface area contributed by atoms with Crippen molar-refractivity contribution in [3.63, 3.8) is 0 Å². The predicted octanol–water partition coefficient (Wildman–Crippen LogP) is 8.53. The first-order valence-electron chi connectivity index (χ1n) is 12.3. The number of hydrogen-bond donors (Lipinski definition) is 0. The smallest absolute Gasteiger partial charge is 0.232 e. The normalized spacial score (nSPS) is 13.9. The lowest BCUT2D eigenvalue weighted by molar-refractivity contribution is -0.137. The molecule has 1 aliphatic rings. The third-order valence-electron chi connectivity index (χ3n) is 5.85. The molecule has 0 spiro atoms. The Balaban J connectivity index is 0.000000582. The van der Waals surface area contributed by atoms with Gasteiger partial charge in [0, 0.05) is 18.3 Å². The summed E-state index contributed by atoms with van der Waals surface area (Å²) >= 11 is 1.88. The molecule has 0 N–H and O–H groups in total. The quantitative estimate of drug-likeness (QED) is 0.448. The second kappa shape index (κ2) is 16.8. The summed E-state index contributed by atoms with van der Waals surface area (Å²) in [6.45, 7) is 14.3. The SMILES string of the molecule is CC.CC.CN(C(=O)C(C)(C)c1ccccc1)C1CCCC1.CSC(C)c1ccccc1. The first kappa shape index (κ1) is 30.3. The van der Waals surface area contributed by atoms with Gasteiger partial charge in [0.05, 0.1) is 5.41 Å². The van der Waals surface area contributed by atoms with Gasteiger partial charge in [-0.3, -0.25) is 4.79 Å². The number of amides is 1. The summed E-state index contributed by atoms with van der Waals surface area (Å²) in [5, 5.41) is 0.626. The van der Waals surface area contributed by atoms with Crippen LogP contribution in [0.1, 0.15) is 90.5 Å². The van der Waals surface area contributed by atoms with Gasteiger partial charge in [-0.05, 0) is 51.0 Å².